The molecule has 0 bridgehead atoms. The standard InChI is InChI=1S/C30H31N3O4S/c1-33(2)19-18-24-12-10-22(11-13-24)8-9-23-14-16-26(17-15-23)38(35,36)32-29(30(34)37-3)20-25-21-31-28-7-5-4-6-27(25)28/h4-7,10-17,21,29,31-32H,18-20H2,1-3H3/t29-/m1/s1. The highest BCUT2D eigenvalue weighted by Crippen LogP contribution is 2.20. The number of aromatic nitrogens is 1. The van der Waals surface area contributed by atoms with Gasteiger partial charge in [-0.05, 0) is 74.1 Å². The van der Waals surface area contributed by atoms with E-state index in [1.54, 1.807) is 18.3 Å². The van der Waals surface area contributed by atoms with E-state index in [9.17, 15) is 13.2 Å². The van der Waals surface area contributed by atoms with Gasteiger partial charge in [-0.15, -0.1) is 0 Å². The van der Waals surface area contributed by atoms with E-state index >= 15 is 0 Å². The maximum absolute atomic E-state index is 13.1. The Morgan fingerprint density at radius 3 is 2.24 bits per heavy atom. The number of likely N-dealkylation sites (N-methyl/N-ethyl adjacent to an activating group) is 1. The molecule has 196 valence electrons. The smallest absolute Gasteiger partial charge is 0.324 e. The molecule has 0 amide bonds. The van der Waals surface area contributed by atoms with Crippen LogP contribution < -0.4 is 4.72 Å². The van der Waals surface area contributed by atoms with Crippen LogP contribution in [-0.4, -0.2) is 58.1 Å². The Bertz CT molecular complexity index is 1560. The van der Waals surface area contributed by atoms with Crippen molar-refractivity contribution in [2.75, 3.05) is 27.7 Å². The summed E-state index contributed by atoms with van der Waals surface area (Å²) >= 11 is 0. The van der Waals surface area contributed by atoms with Gasteiger partial charge in [-0.1, -0.05) is 42.2 Å². The van der Waals surface area contributed by atoms with Crippen LogP contribution >= 0.6 is 0 Å². The number of nitrogens with one attached hydrogen (secondary N) is 2. The number of nitrogens with zero attached hydrogens (tertiary/aromatic N) is 1. The summed E-state index contributed by atoms with van der Waals surface area (Å²) in [5.74, 6) is 5.53. The highest BCUT2D eigenvalue weighted by atomic mass is 32.2. The molecule has 38 heavy (non-hydrogen) atoms. The first kappa shape index (κ1) is 27.1. The molecule has 0 aliphatic carbocycles. The lowest BCUT2D eigenvalue weighted by Crippen LogP contribution is -2.42. The lowest BCUT2D eigenvalue weighted by atomic mass is 10.1. The molecule has 8 heteroatoms. The van der Waals surface area contributed by atoms with Crippen molar-refractivity contribution < 1.29 is 17.9 Å². The van der Waals surface area contributed by atoms with Crippen LogP contribution in [0.1, 0.15) is 22.3 Å². The van der Waals surface area contributed by atoms with Crippen molar-refractivity contribution >= 4 is 26.9 Å². The Balaban J connectivity index is 1.45. The Labute approximate surface area is 223 Å². The molecule has 1 atom stereocenters. The molecule has 0 fully saturated rings. The minimum absolute atomic E-state index is 0.0427. The fraction of sp³-hybridized carbons (Fsp3) is 0.233. The molecule has 0 unspecified atom stereocenters. The normalized spacial score (nSPS) is 12.2. The molecule has 1 heterocycles. The van der Waals surface area contributed by atoms with Crippen molar-refractivity contribution in [2.24, 2.45) is 0 Å². The van der Waals surface area contributed by atoms with Crippen molar-refractivity contribution in [3.63, 3.8) is 0 Å². The number of ether oxygens (including phenoxy) is 1. The van der Waals surface area contributed by atoms with E-state index < -0.39 is 22.0 Å². The quantitative estimate of drug-likeness (QED) is 0.255. The predicted octanol–water partition coefficient (Wildman–Crippen LogP) is 3.73. The van der Waals surface area contributed by atoms with Crippen LogP contribution in [0.15, 0.2) is 83.9 Å². The average molecular weight is 530 g/mol. The third-order valence-electron chi connectivity index (χ3n) is 6.20. The molecule has 2 N–H and O–H groups in total. The maximum Gasteiger partial charge on any atom is 0.324 e. The number of esters is 1. The van der Waals surface area contributed by atoms with Crippen LogP contribution in [-0.2, 0) is 32.4 Å². The molecular formula is C30H31N3O4S. The Hall–Kier alpha value is -3.90. The van der Waals surface area contributed by atoms with E-state index in [0.29, 0.717) is 5.56 Å². The number of rotatable bonds is 9. The van der Waals surface area contributed by atoms with Gasteiger partial charge in [0, 0.05) is 41.2 Å². The summed E-state index contributed by atoms with van der Waals surface area (Å²) in [7, 11) is 1.36. The number of carbonyl (C=O) groups excluding carboxylic acids is 1. The molecule has 0 spiro atoms. The van der Waals surface area contributed by atoms with Gasteiger partial charge < -0.3 is 14.6 Å². The van der Waals surface area contributed by atoms with Crippen LogP contribution in [0.3, 0.4) is 0 Å². The molecule has 4 rings (SSSR count). The van der Waals surface area contributed by atoms with Gasteiger partial charge in [-0.25, -0.2) is 8.42 Å². The number of H-pyrrole nitrogens is 1. The number of methoxy groups -OCH3 is 1. The molecular weight excluding hydrogens is 498 g/mol. The number of hydrogen-bond donors (Lipinski definition) is 2. The molecule has 4 aromatic rings. The fourth-order valence-corrected chi connectivity index (χ4v) is 5.24. The summed E-state index contributed by atoms with van der Waals surface area (Å²) in [6.45, 7) is 0.985. The first-order valence-electron chi connectivity index (χ1n) is 12.3. The van der Waals surface area contributed by atoms with Gasteiger partial charge >= 0.3 is 5.97 Å². The van der Waals surface area contributed by atoms with Crippen molar-refractivity contribution in [3.8, 4) is 11.8 Å². The van der Waals surface area contributed by atoms with Crippen LogP contribution in [0.5, 0.6) is 0 Å². The number of carbonyl (C=O) groups is 1. The van der Waals surface area contributed by atoms with E-state index in [2.05, 4.69) is 52.7 Å². The van der Waals surface area contributed by atoms with Crippen molar-refractivity contribution in [3.05, 3.63) is 101 Å². The Morgan fingerprint density at radius 2 is 1.61 bits per heavy atom. The highest BCUT2D eigenvalue weighted by Gasteiger charge is 2.27. The van der Waals surface area contributed by atoms with Crippen LogP contribution in [0.4, 0.5) is 0 Å². The third kappa shape index (κ3) is 6.90. The zero-order chi connectivity index (χ0) is 27.1. The van der Waals surface area contributed by atoms with Gasteiger partial charge in [0.2, 0.25) is 10.0 Å². The third-order valence-corrected chi connectivity index (χ3v) is 7.69. The van der Waals surface area contributed by atoms with Gasteiger partial charge in [-0.2, -0.15) is 4.72 Å². The monoisotopic (exact) mass is 529 g/mol. The molecule has 0 radical (unpaired) electrons. The number of sulfonamides is 1. The van der Waals surface area contributed by atoms with E-state index in [1.165, 1.54) is 24.8 Å². The molecule has 0 saturated carbocycles. The zero-order valence-corrected chi connectivity index (χ0v) is 22.5. The molecule has 1 aromatic heterocycles. The lowest BCUT2D eigenvalue weighted by molar-refractivity contribution is -0.142. The molecule has 0 aliphatic heterocycles. The SMILES string of the molecule is COC(=O)[C@@H](Cc1c[nH]c2ccccc12)NS(=O)(=O)c1ccc(C#Cc2ccc(CCN(C)C)cc2)cc1. The first-order chi connectivity index (χ1) is 18.2. The predicted molar refractivity (Wildman–Crippen MR) is 149 cm³/mol. The zero-order valence-electron chi connectivity index (χ0n) is 21.7. The number of aromatic amines is 1. The highest BCUT2D eigenvalue weighted by molar-refractivity contribution is 7.89. The lowest BCUT2D eigenvalue weighted by Gasteiger charge is -2.16. The van der Waals surface area contributed by atoms with E-state index in [-0.39, 0.29) is 11.3 Å². The summed E-state index contributed by atoms with van der Waals surface area (Å²) in [4.78, 5) is 17.8. The van der Waals surface area contributed by atoms with Crippen LogP contribution in [0.25, 0.3) is 10.9 Å². The largest absolute Gasteiger partial charge is 0.468 e. The number of fused-ring (bicyclic) bond motifs is 1. The summed E-state index contributed by atoms with van der Waals surface area (Å²) in [5, 5.41) is 0.923. The van der Waals surface area contributed by atoms with Gasteiger partial charge in [0.05, 0.1) is 12.0 Å². The number of para-hydroxylation sites is 1. The second kappa shape index (κ2) is 12.1. The minimum Gasteiger partial charge on any atom is -0.468 e. The number of hydrogen-bond acceptors (Lipinski definition) is 5. The Morgan fingerprint density at radius 1 is 0.974 bits per heavy atom. The fourth-order valence-electron chi connectivity index (χ4n) is 4.06. The molecule has 7 nitrogen and oxygen atoms in total. The van der Waals surface area contributed by atoms with Gasteiger partial charge in [0.15, 0.2) is 0 Å². The van der Waals surface area contributed by atoms with Crippen LogP contribution in [0, 0.1) is 11.8 Å². The summed E-state index contributed by atoms with van der Waals surface area (Å²) < 4.78 is 33.6. The molecule has 3 aromatic carbocycles. The summed E-state index contributed by atoms with van der Waals surface area (Å²) in [6, 6.07) is 20.9. The number of benzene rings is 3. The second-order valence-corrected chi connectivity index (χ2v) is 11.0. The summed E-state index contributed by atoms with van der Waals surface area (Å²) in [5.41, 5.74) is 4.54. The van der Waals surface area contributed by atoms with Crippen LogP contribution in [0.2, 0.25) is 0 Å². The van der Waals surface area contributed by atoms with Crippen molar-refractivity contribution in [2.45, 2.75) is 23.8 Å². The van der Waals surface area contributed by atoms with Gasteiger partial charge in [0.25, 0.3) is 0 Å². The van der Waals surface area contributed by atoms with Gasteiger partial charge in [-0.3, -0.25) is 4.79 Å². The minimum atomic E-state index is -3.98. The molecule has 0 saturated heterocycles. The maximum atomic E-state index is 13.1. The second-order valence-electron chi connectivity index (χ2n) is 9.29. The molecule has 0 aliphatic rings. The van der Waals surface area contributed by atoms with E-state index in [1.807, 2.05) is 36.4 Å². The van der Waals surface area contributed by atoms with E-state index in [4.69, 9.17) is 4.74 Å². The Kier molecular flexibility index (Phi) is 8.64. The first-order valence-corrected chi connectivity index (χ1v) is 13.7. The van der Waals surface area contributed by atoms with Crippen molar-refractivity contribution in [1.29, 1.82) is 0 Å². The topological polar surface area (TPSA) is 91.5 Å². The van der Waals surface area contributed by atoms with Gasteiger partial charge in [0.1, 0.15) is 6.04 Å². The summed E-state index contributed by atoms with van der Waals surface area (Å²) in [6.07, 6.45) is 2.90. The van der Waals surface area contributed by atoms with Crippen molar-refractivity contribution in [1.82, 2.24) is 14.6 Å². The average Bonchev–Trinajstić information content (AvgIpc) is 3.33. The van der Waals surface area contributed by atoms with E-state index in [0.717, 1.165) is 35.0 Å².